The molecule has 2 aromatic rings. The Morgan fingerprint density at radius 3 is 2.82 bits per heavy atom. The lowest BCUT2D eigenvalue weighted by Crippen LogP contribution is -2.23. The largest absolute Gasteiger partial charge is 0.467 e. The van der Waals surface area contributed by atoms with Crippen molar-refractivity contribution < 1.29 is 4.42 Å². The first-order valence-corrected chi connectivity index (χ1v) is 6.27. The fourth-order valence-electron chi connectivity index (χ4n) is 1.62. The van der Waals surface area contributed by atoms with E-state index in [4.69, 9.17) is 4.42 Å². The molecular formula is C12H14BrN3O. The van der Waals surface area contributed by atoms with Crippen molar-refractivity contribution in [3.63, 3.8) is 0 Å². The minimum atomic E-state index is 0.715. The summed E-state index contributed by atoms with van der Waals surface area (Å²) in [6.45, 7) is 5.55. The van der Waals surface area contributed by atoms with Gasteiger partial charge in [-0.05, 0) is 41.9 Å². The molecule has 0 saturated heterocycles. The van der Waals surface area contributed by atoms with Crippen molar-refractivity contribution in [1.29, 1.82) is 0 Å². The fraction of sp³-hybridized carbons (Fsp3) is 0.333. The summed E-state index contributed by atoms with van der Waals surface area (Å²) in [4.78, 5) is 10.8. The van der Waals surface area contributed by atoms with Gasteiger partial charge in [0.1, 0.15) is 22.0 Å². The SMILES string of the molecule is CCN(Cc1ccco1)c1cc(Br)nc(C)n1. The van der Waals surface area contributed by atoms with Crippen LogP contribution in [0.2, 0.25) is 0 Å². The average Bonchev–Trinajstić information content (AvgIpc) is 2.77. The highest BCUT2D eigenvalue weighted by Crippen LogP contribution is 2.18. The van der Waals surface area contributed by atoms with Crippen molar-refractivity contribution in [3.05, 3.63) is 40.7 Å². The Kier molecular flexibility index (Phi) is 3.78. The number of nitrogens with zero attached hydrogens (tertiary/aromatic N) is 3. The van der Waals surface area contributed by atoms with E-state index in [1.54, 1.807) is 6.26 Å². The zero-order valence-corrected chi connectivity index (χ0v) is 11.4. The molecule has 0 radical (unpaired) electrons. The molecule has 2 rings (SSSR count). The Bertz CT molecular complexity index is 464. The Morgan fingerprint density at radius 2 is 2.24 bits per heavy atom. The van der Waals surface area contributed by atoms with Crippen LogP contribution in [0.4, 0.5) is 5.82 Å². The smallest absolute Gasteiger partial charge is 0.133 e. The topological polar surface area (TPSA) is 42.2 Å². The lowest BCUT2D eigenvalue weighted by atomic mass is 10.3. The van der Waals surface area contributed by atoms with Crippen LogP contribution in [-0.4, -0.2) is 16.5 Å². The van der Waals surface area contributed by atoms with Crippen LogP contribution in [0.5, 0.6) is 0 Å². The molecule has 0 aliphatic heterocycles. The number of aromatic nitrogens is 2. The van der Waals surface area contributed by atoms with Crippen molar-refractivity contribution in [2.24, 2.45) is 0 Å². The molecular weight excluding hydrogens is 282 g/mol. The highest BCUT2D eigenvalue weighted by Gasteiger charge is 2.10. The van der Waals surface area contributed by atoms with Gasteiger partial charge in [-0.15, -0.1) is 0 Å². The molecule has 0 fully saturated rings. The number of rotatable bonds is 4. The summed E-state index contributed by atoms with van der Waals surface area (Å²) < 4.78 is 6.15. The molecule has 0 bridgehead atoms. The van der Waals surface area contributed by atoms with Gasteiger partial charge >= 0.3 is 0 Å². The zero-order chi connectivity index (χ0) is 12.3. The Labute approximate surface area is 109 Å². The van der Waals surface area contributed by atoms with E-state index < -0.39 is 0 Å². The molecule has 0 aliphatic carbocycles. The van der Waals surface area contributed by atoms with E-state index in [0.29, 0.717) is 6.54 Å². The highest BCUT2D eigenvalue weighted by atomic mass is 79.9. The van der Waals surface area contributed by atoms with Crippen LogP contribution >= 0.6 is 15.9 Å². The normalized spacial score (nSPS) is 10.5. The van der Waals surface area contributed by atoms with Crippen LogP contribution in [0.25, 0.3) is 0 Å². The van der Waals surface area contributed by atoms with Crippen LogP contribution in [0, 0.1) is 6.92 Å². The van der Waals surface area contributed by atoms with E-state index in [9.17, 15) is 0 Å². The lowest BCUT2D eigenvalue weighted by molar-refractivity contribution is 0.502. The summed E-state index contributed by atoms with van der Waals surface area (Å²) in [5, 5.41) is 0. The molecule has 4 nitrogen and oxygen atoms in total. The number of hydrogen-bond acceptors (Lipinski definition) is 4. The molecule has 90 valence electrons. The van der Waals surface area contributed by atoms with E-state index >= 15 is 0 Å². The molecule has 0 amide bonds. The molecule has 5 heteroatoms. The average molecular weight is 296 g/mol. The molecule has 2 heterocycles. The second-order valence-electron chi connectivity index (χ2n) is 3.69. The fourth-order valence-corrected chi connectivity index (χ4v) is 2.09. The van der Waals surface area contributed by atoms with Gasteiger partial charge in [-0.25, -0.2) is 9.97 Å². The van der Waals surface area contributed by atoms with Gasteiger partial charge < -0.3 is 9.32 Å². The van der Waals surface area contributed by atoms with Crippen LogP contribution in [0.1, 0.15) is 18.5 Å². The second kappa shape index (κ2) is 5.31. The molecule has 17 heavy (non-hydrogen) atoms. The Morgan fingerprint density at radius 1 is 1.41 bits per heavy atom. The van der Waals surface area contributed by atoms with Gasteiger partial charge in [0.25, 0.3) is 0 Å². The Balaban J connectivity index is 2.22. The third kappa shape index (κ3) is 3.06. The first-order valence-electron chi connectivity index (χ1n) is 5.47. The summed E-state index contributed by atoms with van der Waals surface area (Å²) in [6.07, 6.45) is 1.68. The first-order chi connectivity index (χ1) is 8.19. The van der Waals surface area contributed by atoms with Crippen LogP contribution in [-0.2, 0) is 6.54 Å². The quantitative estimate of drug-likeness (QED) is 0.813. The number of aryl methyl sites for hydroxylation is 1. The van der Waals surface area contributed by atoms with Crippen molar-refractivity contribution in [2.45, 2.75) is 20.4 Å². The van der Waals surface area contributed by atoms with E-state index in [2.05, 4.69) is 37.7 Å². The van der Waals surface area contributed by atoms with E-state index in [1.807, 2.05) is 25.1 Å². The van der Waals surface area contributed by atoms with Gasteiger partial charge in [0.2, 0.25) is 0 Å². The van der Waals surface area contributed by atoms with Gasteiger partial charge in [0, 0.05) is 12.6 Å². The van der Waals surface area contributed by atoms with Gasteiger partial charge in [-0.1, -0.05) is 0 Å². The molecule has 0 unspecified atom stereocenters. The molecule has 0 spiro atoms. The molecule has 0 atom stereocenters. The van der Waals surface area contributed by atoms with Crippen molar-refractivity contribution in [3.8, 4) is 0 Å². The molecule has 0 saturated carbocycles. The van der Waals surface area contributed by atoms with E-state index in [-0.39, 0.29) is 0 Å². The van der Waals surface area contributed by atoms with Crippen molar-refractivity contribution in [1.82, 2.24) is 9.97 Å². The summed E-state index contributed by atoms with van der Waals surface area (Å²) in [5.41, 5.74) is 0. The molecule has 0 aromatic carbocycles. The third-order valence-electron chi connectivity index (χ3n) is 2.43. The minimum absolute atomic E-state index is 0.715. The van der Waals surface area contributed by atoms with Crippen LogP contribution in [0.15, 0.2) is 33.5 Å². The van der Waals surface area contributed by atoms with Gasteiger partial charge in [-0.3, -0.25) is 0 Å². The second-order valence-corrected chi connectivity index (χ2v) is 4.50. The highest BCUT2D eigenvalue weighted by molar-refractivity contribution is 9.10. The number of anilines is 1. The van der Waals surface area contributed by atoms with Crippen molar-refractivity contribution in [2.75, 3.05) is 11.4 Å². The summed E-state index contributed by atoms with van der Waals surface area (Å²) in [6, 6.07) is 5.77. The van der Waals surface area contributed by atoms with Gasteiger partial charge in [-0.2, -0.15) is 0 Å². The zero-order valence-electron chi connectivity index (χ0n) is 9.85. The number of halogens is 1. The third-order valence-corrected chi connectivity index (χ3v) is 2.83. The van der Waals surface area contributed by atoms with E-state index in [0.717, 1.165) is 28.6 Å². The summed E-state index contributed by atoms with van der Waals surface area (Å²) >= 11 is 3.39. The monoisotopic (exact) mass is 295 g/mol. The summed E-state index contributed by atoms with van der Waals surface area (Å²) in [7, 11) is 0. The summed E-state index contributed by atoms with van der Waals surface area (Å²) in [5.74, 6) is 2.59. The first kappa shape index (κ1) is 12.1. The molecule has 0 aliphatic rings. The number of furan rings is 1. The number of hydrogen-bond donors (Lipinski definition) is 0. The predicted octanol–water partition coefficient (Wildman–Crippen LogP) is 3.17. The lowest BCUT2D eigenvalue weighted by Gasteiger charge is -2.20. The maximum atomic E-state index is 5.35. The van der Waals surface area contributed by atoms with Crippen molar-refractivity contribution >= 4 is 21.7 Å². The van der Waals surface area contributed by atoms with Gasteiger partial charge in [0.15, 0.2) is 0 Å². The minimum Gasteiger partial charge on any atom is -0.467 e. The molecule has 2 aromatic heterocycles. The maximum absolute atomic E-state index is 5.35. The van der Waals surface area contributed by atoms with Crippen LogP contribution in [0.3, 0.4) is 0 Å². The van der Waals surface area contributed by atoms with E-state index in [1.165, 1.54) is 0 Å². The Hall–Kier alpha value is -1.36. The predicted molar refractivity (Wildman–Crippen MR) is 69.9 cm³/mol. The van der Waals surface area contributed by atoms with Crippen LogP contribution < -0.4 is 4.90 Å². The standard InChI is InChI=1S/C12H14BrN3O/c1-3-16(8-10-5-4-6-17-10)12-7-11(13)14-9(2)15-12/h4-7H,3,8H2,1-2H3. The molecule has 0 N–H and O–H groups in total. The van der Waals surface area contributed by atoms with Gasteiger partial charge in [0.05, 0.1) is 12.8 Å². The maximum Gasteiger partial charge on any atom is 0.133 e.